The monoisotopic (exact) mass is 117 g/mol. The Morgan fingerprint density at radius 1 is 1.11 bits per heavy atom. The first-order chi connectivity index (χ1) is 4.38. The van der Waals surface area contributed by atoms with E-state index < -0.39 is 0 Å². The first-order valence-electron chi connectivity index (χ1n) is 2.86. The van der Waals surface area contributed by atoms with Crippen LogP contribution >= 0.6 is 0 Å². The van der Waals surface area contributed by atoms with Crippen molar-refractivity contribution in [1.82, 2.24) is 0 Å². The fourth-order valence-corrected chi connectivity index (χ4v) is 1.06. The van der Waals surface area contributed by atoms with E-state index in [4.69, 9.17) is 0 Å². The van der Waals surface area contributed by atoms with Crippen molar-refractivity contribution in [1.29, 1.82) is 0 Å². The van der Waals surface area contributed by atoms with Crippen LogP contribution in [0.2, 0.25) is 0 Å². The second kappa shape index (κ2) is 1.38. The molecule has 1 nitrogen and oxygen atoms in total. The topological polar surface area (TPSA) is 19.9 Å². The molecule has 0 saturated heterocycles. The maximum atomic E-state index is 10.8. The standard InChI is InChI=1S/C8H5O/c9-8-5-4-6-2-1-3-7(6)8/h1-5H. The zero-order valence-electron chi connectivity index (χ0n) is 4.79. The average Bonchev–Trinajstić information content (AvgIpc) is 2.35. The van der Waals surface area contributed by atoms with E-state index >= 15 is 0 Å². The van der Waals surface area contributed by atoms with E-state index in [2.05, 4.69) is 0 Å². The second-order valence-corrected chi connectivity index (χ2v) is 2.09. The van der Waals surface area contributed by atoms with E-state index in [0.717, 1.165) is 11.1 Å². The van der Waals surface area contributed by atoms with Gasteiger partial charge in [-0.1, -0.05) is 24.3 Å². The van der Waals surface area contributed by atoms with Gasteiger partial charge in [-0.25, -0.2) is 0 Å². The van der Waals surface area contributed by atoms with Gasteiger partial charge in [0.2, 0.25) is 0 Å². The molecule has 0 saturated carbocycles. The summed E-state index contributed by atoms with van der Waals surface area (Å²) in [5.41, 5.74) is 1.90. The first-order valence-corrected chi connectivity index (χ1v) is 2.86. The minimum atomic E-state index is 0.134. The lowest BCUT2D eigenvalue weighted by atomic mass is 10.2. The van der Waals surface area contributed by atoms with E-state index in [1.165, 1.54) is 0 Å². The lowest BCUT2D eigenvalue weighted by Crippen LogP contribution is -1.78. The van der Waals surface area contributed by atoms with Gasteiger partial charge in [0, 0.05) is 5.57 Å². The fraction of sp³-hybridized carbons (Fsp3) is 0. The van der Waals surface area contributed by atoms with E-state index in [9.17, 15) is 5.11 Å². The Morgan fingerprint density at radius 2 is 2.00 bits per heavy atom. The molecule has 2 rings (SSSR count). The summed E-state index contributed by atoms with van der Waals surface area (Å²) in [4.78, 5) is 0. The second-order valence-electron chi connectivity index (χ2n) is 2.09. The predicted molar refractivity (Wildman–Crippen MR) is 34.1 cm³/mol. The molecule has 0 fully saturated rings. The van der Waals surface area contributed by atoms with Gasteiger partial charge >= 0.3 is 0 Å². The molecule has 0 amide bonds. The molecule has 0 atom stereocenters. The van der Waals surface area contributed by atoms with Crippen LogP contribution in [0.25, 0.3) is 0 Å². The van der Waals surface area contributed by atoms with Crippen LogP contribution in [0.4, 0.5) is 0 Å². The van der Waals surface area contributed by atoms with E-state index in [-0.39, 0.29) is 5.76 Å². The largest absolute Gasteiger partial charge is 0.289 e. The predicted octanol–water partition coefficient (Wildman–Crippen LogP) is 1.74. The third kappa shape index (κ3) is 0.486. The molecule has 0 unspecified atom stereocenters. The molecule has 0 spiro atoms. The van der Waals surface area contributed by atoms with Gasteiger partial charge < -0.3 is 0 Å². The van der Waals surface area contributed by atoms with E-state index in [1.807, 2.05) is 24.3 Å². The summed E-state index contributed by atoms with van der Waals surface area (Å²) >= 11 is 0. The van der Waals surface area contributed by atoms with Crippen LogP contribution < -0.4 is 0 Å². The molecule has 0 bridgehead atoms. The minimum Gasteiger partial charge on any atom is -0.289 e. The van der Waals surface area contributed by atoms with E-state index in [0.29, 0.717) is 0 Å². The molecule has 0 heterocycles. The number of hydrogen-bond acceptors (Lipinski definition) is 0. The zero-order valence-corrected chi connectivity index (χ0v) is 4.79. The summed E-state index contributed by atoms with van der Waals surface area (Å²) in [6.07, 6.45) is 9.13. The molecule has 0 aromatic heterocycles. The van der Waals surface area contributed by atoms with Crippen LogP contribution in [0.15, 0.2) is 47.3 Å². The molecule has 0 aromatic carbocycles. The summed E-state index contributed by atoms with van der Waals surface area (Å²) in [5.74, 6) is 0.134. The van der Waals surface area contributed by atoms with Gasteiger partial charge in [-0.3, -0.25) is 5.11 Å². The van der Waals surface area contributed by atoms with Gasteiger partial charge in [0.15, 0.2) is 5.76 Å². The Labute approximate surface area is 53.3 Å². The minimum absolute atomic E-state index is 0.134. The molecule has 2 aliphatic carbocycles. The lowest BCUT2D eigenvalue weighted by molar-refractivity contribution is 0.312. The van der Waals surface area contributed by atoms with Crippen molar-refractivity contribution in [2.45, 2.75) is 0 Å². The molecule has 0 N–H and O–H groups in total. The van der Waals surface area contributed by atoms with Crippen LogP contribution in [0.3, 0.4) is 0 Å². The SMILES string of the molecule is [O]C1=CC=C2C=CC=C12. The molecule has 0 aliphatic heterocycles. The zero-order chi connectivity index (χ0) is 6.27. The Balaban J connectivity index is 2.53. The van der Waals surface area contributed by atoms with Crippen LogP contribution in [0.5, 0.6) is 0 Å². The van der Waals surface area contributed by atoms with Gasteiger partial charge in [-0.2, -0.15) is 0 Å². The Bertz CT molecular complexity index is 264. The number of fused-ring (bicyclic) bond motifs is 1. The average molecular weight is 117 g/mol. The highest BCUT2D eigenvalue weighted by molar-refractivity contribution is 5.61. The van der Waals surface area contributed by atoms with Crippen molar-refractivity contribution in [3.05, 3.63) is 47.3 Å². The molecule has 1 radical (unpaired) electrons. The smallest absolute Gasteiger partial charge is 0.186 e. The van der Waals surface area contributed by atoms with Crippen molar-refractivity contribution < 1.29 is 5.11 Å². The quantitative estimate of drug-likeness (QED) is 0.460. The Hall–Kier alpha value is -1.24. The Morgan fingerprint density at radius 3 is 2.78 bits per heavy atom. The van der Waals surface area contributed by atoms with Crippen LogP contribution in [-0.4, -0.2) is 0 Å². The summed E-state index contributed by atoms with van der Waals surface area (Å²) in [7, 11) is 0. The Kier molecular flexibility index (Phi) is 0.707. The van der Waals surface area contributed by atoms with Crippen molar-refractivity contribution in [3.8, 4) is 0 Å². The molecule has 2 aliphatic rings. The van der Waals surface area contributed by atoms with Gasteiger partial charge in [0.1, 0.15) is 0 Å². The maximum absolute atomic E-state index is 10.8. The summed E-state index contributed by atoms with van der Waals surface area (Å²) < 4.78 is 0. The number of rotatable bonds is 0. The van der Waals surface area contributed by atoms with Crippen molar-refractivity contribution >= 4 is 0 Å². The van der Waals surface area contributed by atoms with Gasteiger partial charge in [-0.05, 0) is 11.6 Å². The van der Waals surface area contributed by atoms with Crippen molar-refractivity contribution in [2.24, 2.45) is 0 Å². The summed E-state index contributed by atoms with van der Waals surface area (Å²) in [6, 6.07) is 0. The number of hydrogen-bond donors (Lipinski definition) is 0. The first kappa shape index (κ1) is 4.62. The summed E-state index contributed by atoms with van der Waals surface area (Å²) in [6.45, 7) is 0. The molecule has 43 valence electrons. The highest BCUT2D eigenvalue weighted by Crippen LogP contribution is 2.29. The third-order valence-electron chi connectivity index (χ3n) is 1.53. The van der Waals surface area contributed by atoms with Crippen molar-refractivity contribution in [3.63, 3.8) is 0 Å². The van der Waals surface area contributed by atoms with E-state index in [1.54, 1.807) is 6.08 Å². The lowest BCUT2D eigenvalue weighted by Gasteiger charge is -1.89. The summed E-state index contributed by atoms with van der Waals surface area (Å²) in [5, 5.41) is 10.8. The van der Waals surface area contributed by atoms with Gasteiger partial charge in [0.25, 0.3) is 0 Å². The molecule has 9 heavy (non-hydrogen) atoms. The molecular weight excluding hydrogens is 112 g/mol. The van der Waals surface area contributed by atoms with Crippen LogP contribution in [0.1, 0.15) is 0 Å². The van der Waals surface area contributed by atoms with Crippen LogP contribution in [-0.2, 0) is 5.11 Å². The van der Waals surface area contributed by atoms with Crippen molar-refractivity contribution in [2.75, 3.05) is 0 Å². The third-order valence-corrected chi connectivity index (χ3v) is 1.53. The fourth-order valence-electron chi connectivity index (χ4n) is 1.06. The number of allylic oxidation sites excluding steroid dienone is 6. The van der Waals surface area contributed by atoms with Crippen LogP contribution in [0, 0.1) is 0 Å². The maximum Gasteiger partial charge on any atom is 0.186 e. The highest BCUT2D eigenvalue weighted by Gasteiger charge is 2.15. The molecule has 1 heteroatoms. The van der Waals surface area contributed by atoms with Gasteiger partial charge in [-0.15, -0.1) is 0 Å². The normalized spacial score (nSPS) is 21.1. The highest BCUT2D eigenvalue weighted by atomic mass is 16.3. The van der Waals surface area contributed by atoms with Gasteiger partial charge in [0.05, 0.1) is 0 Å². The molecular formula is C8H5O. The molecule has 0 aromatic rings.